The Labute approximate surface area is 93.0 Å². The summed E-state index contributed by atoms with van der Waals surface area (Å²) >= 11 is 0. The number of benzene rings is 1. The number of nitrogens with two attached hydrogens (primary N) is 1. The maximum atomic E-state index is 5.63. The summed E-state index contributed by atoms with van der Waals surface area (Å²) in [5.74, 6) is 0. The van der Waals surface area contributed by atoms with E-state index in [-0.39, 0.29) is 5.41 Å². The van der Waals surface area contributed by atoms with Crippen molar-refractivity contribution < 1.29 is 0 Å². The Morgan fingerprint density at radius 2 is 2.00 bits per heavy atom. The van der Waals surface area contributed by atoms with Crippen molar-refractivity contribution in [1.29, 1.82) is 0 Å². The van der Waals surface area contributed by atoms with Gasteiger partial charge in [-0.15, -0.1) is 0 Å². The molecule has 0 fully saturated rings. The largest absolute Gasteiger partial charge is 0.327 e. The van der Waals surface area contributed by atoms with E-state index in [1.807, 2.05) is 0 Å². The van der Waals surface area contributed by atoms with Gasteiger partial charge in [0, 0.05) is 6.54 Å². The van der Waals surface area contributed by atoms with Crippen LogP contribution in [0.15, 0.2) is 30.3 Å². The molecular weight excluding hydrogens is 182 g/mol. The molecular formula is C14H21N. The van der Waals surface area contributed by atoms with Crippen molar-refractivity contribution in [2.45, 2.75) is 27.7 Å². The Morgan fingerprint density at radius 1 is 1.33 bits per heavy atom. The molecule has 0 heterocycles. The van der Waals surface area contributed by atoms with Gasteiger partial charge < -0.3 is 5.73 Å². The molecule has 0 spiro atoms. The molecule has 1 aromatic carbocycles. The second kappa shape index (κ2) is 4.63. The summed E-state index contributed by atoms with van der Waals surface area (Å²) in [6.07, 6.45) is 2.12. The molecule has 0 unspecified atom stereocenters. The van der Waals surface area contributed by atoms with Crippen LogP contribution in [0.4, 0.5) is 0 Å². The zero-order chi connectivity index (χ0) is 11.5. The lowest BCUT2D eigenvalue weighted by Crippen LogP contribution is -2.10. The Kier molecular flexibility index (Phi) is 3.70. The molecule has 0 aliphatic carbocycles. The van der Waals surface area contributed by atoms with Crippen LogP contribution >= 0.6 is 0 Å². The third-order valence-electron chi connectivity index (χ3n) is 2.46. The summed E-state index contributed by atoms with van der Waals surface area (Å²) in [6, 6.07) is 8.58. The third kappa shape index (κ3) is 3.21. The van der Waals surface area contributed by atoms with E-state index >= 15 is 0 Å². The molecule has 2 N–H and O–H groups in total. The van der Waals surface area contributed by atoms with Gasteiger partial charge in [-0.2, -0.15) is 0 Å². The first kappa shape index (κ1) is 12.0. The second-order valence-corrected chi connectivity index (χ2v) is 4.97. The van der Waals surface area contributed by atoms with Gasteiger partial charge in [-0.3, -0.25) is 0 Å². The highest BCUT2D eigenvalue weighted by Gasteiger charge is 2.17. The molecule has 0 atom stereocenters. The number of hydrogen-bond acceptors (Lipinski definition) is 1. The smallest absolute Gasteiger partial charge is 0.0113 e. The summed E-state index contributed by atoms with van der Waals surface area (Å²) in [6.45, 7) is 9.37. The molecule has 1 heteroatoms. The van der Waals surface area contributed by atoms with Gasteiger partial charge in [0.25, 0.3) is 0 Å². The SMILES string of the molecule is Cc1cccc(/C(=C\CN)C(C)(C)C)c1. The normalized spacial score (nSPS) is 13.0. The summed E-state index contributed by atoms with van der Waals surface area (Å²) in [4.78, 5) is 0. The van der Waals surface area contributed by atoms with Crippen LogP contribution in [0.5, 0.6) is 0 Å². The van der Waals surface area contributed by atoms with Crippen molar-refractivity contribution in [3.05, 3.63) is 41.5 Å². The molecule has 0 amide bonds. The minimum absolute atomic E-state index is 0.146. The molecule has 15 heavy (non-hydrogen) atoms. The van der Waals surface area contributed by atoms with Gasteiger partial charge >= 0.3 is 0 Å². The summed E-state index contributed by atoms with van der Waals surface area (Å²) in [5.41, 5.74) is 9.68. The first-order valence-corrected chi connectivity index (χ1v) is 5.43. The van der Waals surface area contributed by atoms with Crippen LogP contribution in [-0.2, 0) is 0 Å². The van der Waals surface area contributed by atoms with Crippen LogP contribution < -0.4 is 5.73 Å². The predicted molar refractivity (Wildman–Crippen MR) is 67.7 cm³/mol. The Hall–Kier alpha value is -1.08. The third-order valence-corrected chi connectivity index (χ3v) is 2.46. The summed E-state index contributed by atoms with van der Waals surface area (Å²) in [5, 5.41) is 0. The van der Waals surface area contributed by atoms with Crippen molar-refractivity contribution in [3.8, 4) is 0 Å². The van der Waals surface area contributed by atoms with E-state index in [9.17, 15) is 0 Å². The van der Waals surface area contributed by atoms with Crippen molar-refractivity contribution in [3.63, 3.8) is 0 Å². The summed E-state index contributed by atoms with van der Waals surface area (Å²) < 4.78 is 0. The van der Waals surface area contributed by atoms with Crippen LogP contribution in [0.3, 0.4) is 0 Å². The van der Waals surface area contributed by atoms with Gasteiger partial charge in [0.1, 0.15) is 0 Å². The fourth-order valence-electron chi connectivity index (χ4n) is 1.79. The van der Waals surface area contributed by atoms with Crippen LogP contribution in [0, 0.1) is 12.3 Å². The quantitative estimate of drug-likeness (QED) is 0.783. The highest BCUT2D eigenvalue weighted by molar-refractivity contribution is 5.70. The van der Waals surface area contributed by atoms with Crippen molar-refractivity contribution >= 4 is 5.57 Å². The van der Waals surface area contributed by atoms with E-state index in [1.165, 1.54) is 16.7 Å². The van der Waals surface area contributed by atoms with E-state index in [1.54, 1.807) is 0 Å². The maximum absolute atomic E-state index is 5.63. The number of hydrogen-bond donors (Lipinski definition) is 1. The predicted octanol–water partition coefficient (Wildman–Crippen LogP) is 3.38. The monoisotopic (exact) mass is 203 g/mol. The topological polar surface area (TPSA) is 26.0 Å². The molecule has 1 rings (SSSR count). The van der Waals surface area contributed by atoms with E-state index in [2.05, 4.69) is 58.0 Å². The fraction of sp³-hybridized carbons (Fsp3) is 0.429. The molecule has 0 saturated heterocycles. The zero-order valence-electron chi connectivity index (χ0n) is 10.2. The molecule has 0 aliphatic rings. The van der Waals surface area contributed by atoms with Crippen LogP contribution in [0.1, 0.15) is 31.9 Å². The lowest BCUT2D eigenvalue weighted by Gasteiger charge is -2.24. The number of allylic oxidation sites excluding steroid dienone is 1. The van der Waals surface area contributed by atoms with Gasteiger partial charge in [0.05, 0.1) is 0 Å². The van der Waals surface area contributed by atoms with Gasteiger partial charge in [0.15, 0.2) is 0 Å². The highest BCUT2D eigenvalue weighted by Crippen LogP contribution is 2.33. The minimum Gasteiger partial charge on any atom is -0.327 e. The molecule has 82 valence electrons. The molecule has 0 aromatic heterocycles. The lowest BCUT2D eigenvalue weighted by atomic mass is 9.81. The standard InChI is InChI=1S/C14H21N/c1-11-6-5-7-12(10-11)13(8-9-15)14(2,3)4/h5-8,10H,9,15H2,1-4H3/b13-8+. The van der Waals surface area contributed by atoms with Gasteiger partial charge in [0.2, 0.25) is 0 Å². The van der Waals surface area contributed by atoms with Gasteiger partial charge in [-0.05, 0) is 23.5 Å². The molecule has 0 saturated carbocycles. The van der Waals surface area contributed by atoms with Crippen molar-refractivity contribution in [2.75, 3.05) is 6.54 Å². The highest BCUT2D eigenvalue weighted by atomic mass is 14.5. The van der Waals surface area contributed by atoms with E-state index in [0.29, 0.717) is 6.54 Å². The van der Waals surface area contributed by atoms with Crippen LogP contribution in [0.2, 0.25) is 0 Å². The Bertz CT molecular complexity index is 356. The first-order chi connectivity index (χ1) is 6.95. The molecule has 1 aromatic rings. The average molecular weight is 203 g/mol. The van der Waals surface area contributed by atoms with E-state index < -0.39 is 0 Å². The van der Waals surface area contributed by atoms with E-state index in [4.69, 9.17) is 5.73 Å². The molecule has 0 radical (unpaired) electrons. The second-order valence-electron chi connectivity index (χ2n) is 4.97. The van der Waals surface area contributed by atoms with Gasteiger partial charge in [-0.25, -0.2) is 0 Å². The lowest BCUT2D eigenvalue weighted by molar-refractivity contribution is 0.565. The van der Waals surface area contributed by atoms with Crippen LogP contribution in [0.25, 0.3) is 5.57 Å². The number of aryl methyl sites for hydroxylation is 1. The Morgan fingerprint density at radius 3 is 2.47 bits per heavy atom. The minimum atomic E-state index is 0.146. The molecule has 1 nitrogen and oxygen atoms in total. The number of rotatable bonds is 2. The molecule has 0 aliphatic heterocycles. The molecule has 0 bridgehead atoms. The zero-order valence-corrected chi connectivity index (χ0v) is 10.2. The van der Waals surface area contributed by atoms with Gasteiger partial charge in [-0.1, -0.05) is 56.7 Å². The maximum Gasteiger partial charge on any atom is 0.0113 e. The van der Waals surface area contributed by atoms with Crippen molar-refractivity contribution in [1.82, 2.24) is 0 Å². The van der Waals surface area contributed by atoms with E-state index in [0.717, 1.165) is 0 Å². The summed E-state index contributed by atoms with van der Waals surface area (Å²) in [7, 11) is 0. The van der Waals surface area contributed by atoms with Crippen LogP contribution in [-0.4, -0.2) is 6.54 Å². The first-order valence-electron chi connectivity index (χ1n) is 5.43. The Balaban J connectivity index is 3.17. The fourth-order valence-corrected chi connectivity index (χ4v) is 1.79. The van der Waals surface area contributed by atoms with Crippen molar-refractivity contribution in [2.24, 2.45) is 11.1 Å². The average Bonchev–Trinajstić information content (AvgIpc) is 2.12.